The van der Waals surface area contributed by atoms with Gasteiger partial charge < -0.3 is 14.8 Å². The fourth-order valence-corrected chi connectivity index (χ4v) is 3.37. The minimum Gasteiger partial charge on any atom is -0.489 e. The third-order valence-electron chi connectivity index (χ3n) is 4.34. The van der Waals surface area contributed by atoms with Gasteiger partial charge in [0.05, 0.1) is 6.61 Å². The van der Waals surface area contributed by atoms with E-state index in [4.69, 9.17) is 27.9 Å². The monoisotopic (exact) mass is 419 g/mol. The summed E-state index contributed by atoms with van der Waals surface area (Å²) in [5.74, 6) is -0.0684. The van der Waals surface area contributed by atoms with Gasteiger partial charge in [-0.05, 0) is 67.7 Å². The van der Waals surface area contributed by atoms with Crippen LogP contribution in [0.2, 0.25) is 10.0 Å². The smallest absolute Gasteiger partial charge is 0.489 e. The Balaban J connectivity index is 1.89. The first kappa shape index (κ1) is 20.1. The lowest BCUT2D eigenvalue weighted by atomic mass is 9.99. The lowest BCUT2D eigenvalue weighted by Gasteiger charge is -2.23. The van der Waals surface area contributed by atoms with Gasteiger partial charge in [0.2, 0.25) is 0 Å². The number of hydrogen-bond donors (Lipinski definition) is 1. The second-order valence-electron chi connectivity index (χ2n) is 6.34. The van der Waals surface area contributed by atoms with Gasteiger partial charge in [-0.1, -0.05) is 29.3 Å². The maximum absolute atomic E-state index is 12.7. The highest BCUT2D eigenvalue weighted by Crippen LogP contribution is 2.39. The van der Waals surface area contributed by atoms with E-state index in [1.165, 1.54) is 18.2 Å². The second-order valence-corrected chi connectivity index (χ2v) is 7.18. The van der Waals surface area contributed by atoms with Crippen LogP contribution in [-0.2, 0) is 0 Å². The van der Waals surface area contributed by atoms with Crippen molar-refractivity contribution < 1.29 is 22.6 Å². The SMILES string of the molecule is FC(F)(F)Oc1ccc(-c2cc(Cl)ccc2Cl)cc1OCC1CCNCC1. The van der Waals surface area contributed by atoms with Gasteiger partial charge in [-0.15, -0.1) is 13.2 Å². The zero-order valence-electron chi connectivity index (χ0n) is 14.3. The summed E-state index contributed by atoms with van der Waals surface area (Å²) in [5, 5.41) is 4.15. The Morgan fingerprint density at radius 2 is 1.74 bits per heavy atom. The van der Waals surface area contributed by atoms with E-state index >= 15 is 0 Å². The second kappa shape index (κ2) is 8.59. The predicted octanol–water partition coefficient (Wildman–Crippen LogP) is 5.94. The van der Waals surface area contributed by atoms with Crippen molar-refractivity contribution >= 4 is 23.2 Å². The normalized spacial score (nSPS) is 15.6. The van der Waals surface area contributed by atoms with Crippen molar-refractivity contribution in [2.75, 3.05) is 19.7 Å². The average molecular weight is 420 g/mol. The molecule has 0 spiro atoms. The number of rotatable bonds is 5. The Morgan fingerprint density at radius 3 is 2.44 bits per heavy atom. The molecule has 0 amide bonds. The highest BCUT2D eigenvalue weighted by atomic mass is 35.5. The molecule has 1 fully saturated rings. The van der Waals surface area contributed by atoms with E-state index in [1.54, 1.807) is 18.2 Å². The average Bonchev–Trinajstić information content (AvgIpc) is 2.62. The standard InChI is InChI=1S/C19H18Cl2F3NO2/c20-14-2-3-16(21)15(10-14)13-1-4-17(27-19(22,23)24)18(9-13)26-11-12-5-7-25-8-6-12/h1-4,9-10,12,25H,5-8,11H2. The van der Waals surface area contributed by atoms with Gasteiger partial charge in [0, 0.05) is 15.6 Å². The summed E-state index contributed by atoms with van der Waals surface area (Å²) in [6, 6.07) is 9.16. The van der Waals surface area contributed by atoms with Crippen LogP contribution in [0.1, 0.15) is 12.8 Å². The molecule has 0 aromatic heterocycles. The molecule has 0 aliphatic carbocycles. The number of piperidine rings is 1. The predicted molar refractivity (Wildman–Crippen MR) is 99.7 cm³/mol. The number of alkyl halides is 3. The third kappa shape index (κ3) is 5.67. The maximum atomic E-state index is 12.7. The molecule has 0 atom stereocenters. The van der Waals surface area contributed by atoms with E-state index < -0.39 is 6.36 Å². The minimum atomic E-state index is -4.80. The van der Waals surface area contributed by atoms with E-state index in [9.17, 15) is 13.2 Å². The molecular weight excluding hydrogens is 402 g/mol. The van der Waals surface area contributed by atoms with Crippen LogP contribution in [0.3, 0.4) is 0 Å². The van der Waals surface area contributed by atoms with Crippen LogP contribution in [0.15, 0.2) is 36.4 Å². The van der Waals surface area contributed by atoms with Crippen molar-refractivity contribution in [3.05, 3.63) is 46.4 Å². The quantitative estimate of drug-likeness (QED) is 0.650. The summed E-state index contributed by atoms with van der Waals surface area (Å²) >= 11 is 12.2. The molecule has 27 heavy (non-hydrogen) atoms. The Morgan fingerprint density at radius 1 is 1.00 bits per heavy atom. The van der Waals surface area contributed by atoms with Crippen LogP contribution in [0, 0.1) is 5.92 Å². The molecule has 1 saturated heterocycles. The van der Waals surface area contributed by atoms with Crippen molar-refractivity contribution in [1.29, 1.82) is 0 Å². The van der Waals surface area contributed by atoms with Crippen molar-refractivity contribution in [3.8, 4) is 22.6 Å². The van der Waals surface area contributed by atoms with Gasteiger partial charge in [-0.3, -0.25) is 0 Å². The molecule has 0 bridgehead atoms. The molecule has 2 aromatic carbocycles. The lowest BCUT2D eigenvalue weighted by Crippen LogP contribution is -2.30. The number of nitrogens with one attached hydrogen (secondary N) is 1. The van der Waals surface area contributed by atoms with Gasteiger partial charge in [0.15, 0.2) is 11.5 Å². The van der Waals surface area contributed by atoms with Crippen LogP contribution < -0.4 is 14.8 Å². The van der Waals surface area contributed by atoms with Crippen LogP contribution in [0.25, 0.3) is 11.1 Å². The van der Waals surface area contributed by atoms with Gasteiger partial charge in [0.1, 0.15) is 0 Å². The molecule has 0 unspecified atom stereocenters. The third-order valence-corrected chi connectivity index (χ3v) is 4.91. The molecule has 0 saturated carbocycles. The Bertz CT molecular complexity index is 793. The first-order valence-corrected chi connectivity index (χ1v) is 9.26. The molecule has 1 heterocycles. The highest BCUT2D eigenvalue weighted by molar-refractivity contribution is 6.35. The molecule has 8 heteroatoms. The minimum absolute atomic E-state index is 0.0272. The zero-order valence-corrected chi connectivity index (χ0v) is 15.8. The van der Waals surface area contributed by atoms with Crippen molar-refractivity contribution in [1.82, 2.24) is 5.32 Å². The first-order chi connectivity index (χ1) is 12.8. The van der Waals surface area contributed by atoms with Crippen LogP contribution in [0.5, 0.6) is 11.5 Å². The lowest BCUT2D eigenvalue weighted by molar-refractivity contribution is -0.275. The summed E-state index contributed by atoms with van der Waals surface area (Å²) in [7, 11) is 0. The summed E-state index contributed by atoms with van der Waals surface area (Å²) in [4.78, 5) is 0. The van der Waals surface area contributed by atoms with E-state index in [-0.39, 0.29) is 17.4 Å². The molecule has 1 aliphatic heterocycles. The summed E-state index contributed by atoms with van der Waals surface area (Å²) in [6.45, 7) is 2.07. The van der Waals surface area contributed by atoms with E-state index in [0.29, 0.717) is 27.8 Å². The molecule has 0 radical (unpaired) electrons. The topological polar surface area (TPSA) is 30.5 Å². The molecule has 146 valence electrons. The highest BCUT2D eigenvalue weighted by Gasteiger charge is 2.32. The molecule has 2 aromatic rings. The summed E-state index contributed by atoms with van der Waals surface area (Å²) in [6.07, 6.45) is -2.98. The fraction of sp³-hybridized carbons (Fsp3) is 0.368. The van der Waals surface area contributed by atoms with Crippen molar-refractivity contribution in [3.63, 3.8) is 0 Å². The number of hydrogen-bond acceptors (Lipinski definition) is 3. The summed E-state index contributed by atoms with van der Waals surface area (Å²) < 4.78 is 48.0. The van der Waals surface area contributed by atoms with Crippen LogP contribution in [0.4, 0.5) is 13.2 Å². The van der Waals surface area contributed by atoms with Gasteiger partial charge >= 0.3 is 6.36 Å². The van der Waals surface area contributed by atoms with Crippen LogP contribution >= 0.6 is 23.2 Å². The van der Waals surface area contributed by atoms with Crippen molar-refractivity contribution in [2.24, 2.45) is 5.92 Å². The fourth-order valence-electron chi connectivity index (χ4n) is 2.97. The zero-order chi connectivity index (χ0) is 19.4. The Labute approximate surface area is 165 Å². The first-order valence-electron chi connectivity index (χ1n) is 8.50. The van der Waals surface area contributed by atoms with Gasteiger partial charge in [0.25, 0.3) is 0 Å². The van der Waals surface area contributed by atoms with Gasteiger partial charge in [-0.25, -0.2) is 0 Å². The molecule has 1 aliphatic rings. The largest absolute Gasteiger partial charge is 0.573 e. The van der Waals surface area contributed by atoms with E-state index in [1.807, 2.05) is 0 Å². The maximum Gasteiger partial charge on any atom is 0.573 e. The Hall–Kier alpha value is -1.63. The molecule has 1 N–H and O–H groups in total. The number of halogens is 5. The van der Waals surface area contributed by atoms with E-state index in [0.717, 1.165) is 25.9 Å². The molecule has 3 rings (SSSR count). The molecule has 3 nitrogen and oxygen atoms in total. The molecular formula is C19H18Cl2F3NO2. The Kier molecular flexibility index (Phi) is 6.40. The van der Waals surface area contributed by atoms with E-state index in [2.05, 4.69) is 10.1 Å². The number of ether oxygens (including phenoxy) is 2. The number of benzene rings is 2. The van der Waals surface area contributed by atoms with Gasteiger partial charge in [-0.2, -0.15) is 0 Å². The van der Waals surface area contributed by atoms with Crippen LogP contribution in [-0.4, -0.2) is 26.1 Å². The summed E-state index contributed by atoms with van der Waals surface area (Å²) in [5.41, 5.74) is 1.20. The van der Waals surface area contributed by atoms with Crippen molar-refractivity contribution in [2.45, 2.75) is 19.2 Å².